The number of carbonyl (C=O) groups is 2. The number of methoxy groups -OCH3 is 1. The van der Waals surface area contributed by atoms with Crippen LogP contribution in [0, 0.1) is 0 Å². The number of aromatic hydroxyl groups is 2. The number of carbonyl (C=O) groups excluding carboxylic acids is 2. The number of phenols is 2. The van der Waals surface area contributed by atoms with Crippen LogP contribution in [-0.2, 0) is 19.7 Å². The first kappa shape index (κ1) is 12.4. The second-order valence-electron chi connectivity index (χ2n) is 4.38. The van der Waals surface area contributed by atoms with Crippen molar-refractivity contribution in [3.8, 4) is 11.5 Å². The Bertz CT molecular complexity index is 508. The molecule has 0 aromatic heterocycles. The van der Waals surface area contributed by atoms with Crippen LogP contribution in [0.1, 0.15) is 24.8 Å². The van der Waals surface area contributed by atoms with E-state index >= 15 is 0 Å². The molecule has 0 amide bonds. The van der Waals surface area contributed by atoms with Crippen molar-refractivity contribution in [2.45, 2.75) is 24.7 Å². The van der Waals surface area contributed by atoms with Crippen LogP contribution in [-0.4, -0.2) is 29.1 Å². The van der Waals surface area contributed by atoms with Gasteiger partial charge in [-0.05, 0) is 30.5 Å². The lowest BCUT2D eigenvalue weighted by molar-refractivity contribution is -0.150. The number of ketones is 1. The van der Waals surface area contributed by atoms with Crippen molar-refractivity contribution >= 4 is 11.8 Å². The molecule has 0 bridgehead atoms. The molecular weight excluding hydrogens is 236 g/mol. The zero-order valence-electron chi connectivity index (χ0n) is 9.97. The summed E-state index contributed by atoms with van der Waals surface area (Å²) in [6.45, 7) is 0. The molecule has 1 fully saturated rings. The maximum atomic E-state index is 12.0. The van der Waals surface area contributed by atoms with E-state index in [0.717, 1.165) is 0 Å². The van der Waals surface area contributed by atoms with E-state index in [0.29, 0.717) is 24.8 Å². The fourth-order valence-electron chi connectivity index (χ4n) is 2.47. The highest BCUT2D eigenvalue weighted by Gasteiger charge is 2.51. The molecule has 1 saturated carbocycles. The Morgan fingerprint density at radius 3 is 2.56 bits per heavy atom. The number of rotatable bonds is 2. The Hall–Kier alpha value is -2.04. The van der Waals surface area contributed by atoms with Crippen LogP contribution < -0.4 is 0 Å². The summed E-state index contributed by atoms with van der Waals surface area (Å²) in [4.78, 5) is 24.0. The number of ether oxygens (including phenoxy) is 1. The predicted octanol–water partition coefficient (Wildman–Crippen LogP) is 1.26. The highest BCUT2D eigenvalue weighted by atomic mass is 16.5. The Morgan fingerprint density at radius 1 is 1.33 bits per heavy atom. The summed E-state index contributed by atoms with van der Waals surface area (Å²) in [5, 5.41) is 18.8. The fraction of sp³-hybridized carbons (Fsp3) is 0.385. The van der Waals surface area contributed by atoms with Gasteiger partial charge in [0.2, 0.25) is 0 Å². The molecule has 96 valence electrons. The first-order valence-corrected chi connectivity index (χ1v) is 5.66. The summed E-state index contributed by atoms with van der Waals surface area (Å²) in [6.07, 6.45) is 1.29. The second kappa shape index (κ2) is 4.33. The first-order valence-electron chi connectivity index (χ1n) is 5.66. The molecular formula is C13H14O5. The summed E-state index contributed by atoms with van der Waals surface area (Å²) >= 11 is 0. The van der Waals surface area contributed by atoms with Crippen LogP contribution in [0.5, 0.6) is 11.5 Å². The van der Waals surface area contributed by atoms with Crippen LogP contribution in [0.2, 0.25) is 0 Å². The topological polar surface area (TPSA) is 83.8 Å². The Morgan fingerprint density at radius 2 is 2.06 bits per heavy atom. The van der Waals surface area contributed by atoms with Crippen LogP contribution in [0.25, 0.3) is 0 Å². The number of phenolic OH excluding ortho intramolecular Hbond substituents is 2. The summed E-state index contributed by atoms with van der Waals surface area (Å²) in [7, 11) is 1.23. The van der Waals surface area contributed by atoms with Gasteiger partial charge in [0.1, 0.15) is 0 Å². The van der Waals surface area contributed by atoms with Crippen LogP contribution in [0.3, 0.4) is 0 Å². The number of benzene rings is 1. The van der Waals surface area contributed by atoms with Crippen molar-refractivity contribution in [1.82, 2.24) is 0 Å². The van der Waals surface area contributed by atoms with E-state index in [1.165, 1.54) is 25.3 Å². The molecule has 2 rings (SSSR count). The molecule has 0 spiro atoms. The number of esters is 1. The molecule has 1 aliphatic carbocycles. The molecule has 0 aliphatic heterocycles. The molecule has 0 heterocycles. The lowest BCUT2D eigenvalue weighted by Gasteiger charge is -2.24. The van der Waals surface area contributed by atoms with E-state index in [9.17, 15) is 19.8 Å². The third-order valence-corrected chi connectivity index (χ3v) is 3.43. The van der Waals surface area contributed by atoms with E-state index in [4.69, 9.17) is 4.74 Å². The largest absolute Gasteiger partial charge is 0.504 e. The third kappa shape index (κ3) is 1.63. The molecule has 1 atom stereocenters. The fourth-order valence-corrected chi connectivity index (χ4v) is 2.47. The van der Waals surface area contributed by atoms with Gasteiger partial charge in [-0.15, -0.1) is 0 Å². The Balaban J connectivity index is 2.57. The van der Waals surface area contributed by atoms with Gasteiger partial charge in [-0.1, -0.05) is 6.07 Å². The Labute approximate surface area is 104 Å². The van der Waals surface area contributed by atoms with Crippen molar-refractivity contribution < 1.29 is 24.5 Å². The van der Waals surface area contributed by atoms with Crippen LogP contribution in [0.15, 0.2) is 18.2 Å². The maximum absolute atomic E-state index is 12.0. The number of hydrogen-bond donors (Lipinski definition) is 2. The van der Waals surface area contributed by atoms with Gasteiger partial charge in [0.25, 0.3) is 0 Å². The average Bonchev–Trinajstić information content (AvgIpc) is 2.74. The molecule has 0 unspecified atom stereocenters. The standard InChI is InChI=1S/C13H14O5/c1-18-12(17)13(6-2-3-11(13)16)8-4-5-9(14)10(15)7-8/h4-5,7,14-15H,2-3,6H2,1H3/t13-/m0/s1. The van der Waals surface area contributed by atoms with E-state index in [2.05, 4.69) is 0 Å². The van der Waals surface area contributed by atoms with Crippen molar-refractivity contribution in [3.05, 3.63) is 23.8 Å². The normalized spacial score (nSPS) is 23.1. The van der Waals surface area contributed by atoms with Gasteiger partial charge in [-0.3, -0.25) is 9.59 Å². The van der Waals surface area contributed by atoms with Gasteiger partial charge in [-0.2, -0.15) is 0 Å². The van der Waals surface area contributed by atoms with Crippen molar-refractivity contribution in [3.63, 3.8) is 0 Å². The minimum absolute atomic E-state index is 0.209. The highest BCUT2D eigenvalue weighted by molar-refractivity contribution is 6.11. The minimum Gasteiger partial charge on any atom is -0.504 e. The molecule has 2 N–H and O–H groups in total. The van der Waals surface area contributed by atoms with Crippen LogP contribution in [0.4, 0.5) is 0 Å². The quantitative estimate of drug-likeness (QED) is 0.469. The van der Waals surface area contributed by atoms with E-state index in [1.807, 2.05) is 0 Å². The van der Waals surface area contributed by atoms with Gasteiger partial charge in [-0.25, -0.2) is 0 Å². The monoisotopic (exact) mass is 250 g/mol. The van der Waals surface area contributed by atoms with Gasteiger partial charge < -0.3 is 14.9 Å². The molecule has 5 nitrogen and oxygen atoms in total. The molecule has 18 heavy (non-hydrogen) atoms. The molecule has 0 radical (unpaired) electrons. The zero-order chi connectivity index (χ0) is 13.3. The summed E-state index contributed by atoms with van der Waals surface area (Å²) in [6, 6.07) is 3.98. The summed E-state index contributed by atoms with van der Waals surface area (Å²) in [5.41, 5.74) is -0.966. The molecule has 1 aromatic carbocycles. The first-order chi connectivity index (χ1) is 8.52. The number of Topliss-reactive ketones (excluding diaryl/α,β-unsaturated/α-hetero) is 1. The maximum Gasteiger partial charge on any atom is 0.323 e. The van der Waals surface area contributed by atoms with Crippen molar-refractivity contribution in [2.75, 3.05) is 7.11 Å². The Kier molecular flexibility index (Phi) is 2.98. The highest BCUT2D eigenvalue weighted by Crippen LogP contribution is 2.41. The predicted molar refractivity (Wildman–Crippen MR) is 62.3 cm³/mol. The van der Waals surface area contributed by atoms with E-state index in [1.54, 1.807) is 0 Å². The van der Waals surface area contributed by atoms with Crippen molar-refractivity contribution in [1.29, 1.82) is 0 Å². The smallest absolute Gasteiger partial charge is 0.323 e. The lowest BCUT2D eigenvalue weighted by atomic mass is 9.78. The van der Waals surface area contributed by atoms with E-state index < -0.39 is 11.4 Å². The van der Waals surface area contributed by atoms with Crippen molar-refractivity contribution in [2.24, 2.45) is 0 Å². The van der Waals surface area contributed by atoms with Gasteiger partial charge in [0.05, 0.1) is 7.11 Å². The second-order valence-corrected chi connectivity index (χ2v) is 4.38. The molecule has 5 heteroatoms. The summed E-state index contributed by atoms with van der Waals surface area (Å²) < 4.78 is 4.73. The molecule has 1 aliphatic rings. The third-order valence-electron chi connectivity index (χ3n) is 3.43. The minimum atomic E-state index is -1.33. The van der Waals surface area contributed by atoms with Crippen LogP contribution >= 0.6 is 0 Å². The lowest BCUT2D eigenvalue weighted by Crippen LogP contribution is -2.40. The van der Waals surface area contributed by atoms with Gasteiger partial charge in [0.15, 0.2) is 22.7 Å². The molecule has 0 saturated heterocycles. The summed E-state index contributed by atoms with van der Waals surface area (Å²) in [5.74, 6) is -1.46. The van der Waals surface area contributed by atoms with E-state index in [-0.39, 0.29) is 17.3 Å². The number of hydrogen-bond acceptors (Lipinski definition) is 5. The van der Waals surface area contributed by atoms with Gasteiger partial charge in [0, 0.05) is 6.42 Å². The zero-order valence-corrected chi connectivity index (χ0v) is 9.97. The molecule has 1 aromatic rings. The van der Waals surface area contributed by atoms with Gasteiger partial charge >= 0.3 is 5.97 Å². The SMILES string of the molecule is COC(=O)[C@]1(c2ccc(O)c(O)c2)CCCC1=O. The average molecular weight is 250 g/mol.